The van der Waals surface area contributed by atoms with Gasteiger partial charge in [0.2, 0.25) is 0 Å². The smallest absolute Gasteiger partial charge is 0.408 e. The number of carboxylic acid groups (broad SMARTS) is 2. The zero-order chi connectivity index (χ0) is 15.2. The molecule has 0 aliphatic carbocycles. The first kappa shape index (κ1) is 17.2. The number of carbonyl (C=O) groups excluding carboxylic acids is 1. The van der Waals surface area contributed by atoms with E-state index in [0.717, 1.165) is 0 Å². The minimum absolute atomic E-state index is 0.0674. The first-order valence-corrected chi connectivity index (χ1v) is 5.73. The fraction of sp³-hybridized carbons (Fsp3) is 0.727. The van der Waals surface area contributed by atoms with Crippen LogP contribution in [0, 0.1) is 0 Å². The van der Waals surface area contributed by atoms with Crippen LogP contribution >= 0.6 is 0 Å². The summed E-state index contributed by atoms with van der Waals surface area (Å²) in [6.07, 6.45) is -1.03. The summed E-state index contributed by atoms with van der Waals surface area (Å²) in [5.41, 5.74) is 4.52. The van der Waals surface area contributed by atoms with Crippen molar-refractivity contribution in [3.8, 4) is 0 Å². The Morgan fingerprint density at radius 2 is 1.68 bits per heavy atom. The Kier molecular flexibility index (Phi) is 6.26. The number of amides is 1. The number of ether oxygens (including phenoxy) is 1. The second kappa shape index (κ2) is 6.93. The van der Waals surface area contributed by atoms with Crippen LogP contribution in [0.2, 0.25) is 0 Å². The quantitative estimate of drug-likeness (QED) is 0.541. The molecule has 5 N–H and O–H groups in total. The van der Waals surface area contributed by atoms with Crippen LogP contribution in [0.3, 0.4) is 0 Å². The van der Waals surface area contributed by atoms with E-state index >= 15 is 0 Å². The van der Waals surface area contributed by atoms with Gasteiger partial charge in [-0.2, -0.15) is 0 Å². The van der Waals surface area contributed by atoms with Crippen LogP contribution in [-0.2, 0) is 14.3 Å². The molecule has 0 aromatic heterocycles. The molecule has 0 aromatic rings. The van der Waals surface area contributed by atoms with Gasteiger partial charge in [0, 0.05) is 0 Å². The Morgan fingerprint density at radius 3 is 2.05 bits per heavy atom. The lowest BCUT2D eigenvalue weighted by Crippen LogP contribution is -2.44. The van der Waals surface area contributed by atoms with E-state index < -0.39 is 35.7 Å². The molecule has 0 spiro atoms. The van der Waals surface area contributed by atoms with Crippen LogP contribution in [0.15, 0.2) is 0 Å². The highest BCUT2D eigenvalue weighted by Gasteiger charge is 2.25. The monoisotopic (exact) mass is 276 g/mol. The Morgan fingerprint density at radius 1 is 1.16 bits per heavy atom. The first-order chi connectivity index (χ1) is 8.53. The fourth-order valence-corrected chi connectivity index (χ4v) is 1.18. The second-order valence-electron chi connectivity index (χ2n) is 5.06. The van der Waals surface area contributed by atoms with Gasteiger partial charge in [-0.1, -0.05) is 0 Å². The van der Waals surface area contributed by atoms with Gasteiger partial charge in [-0.05, 0) is 33.6 Å². The highest BCUT2D eigenvalue weighted by Crippen LogP contribution is 2.08. The fourth-order valence-electron chi connectivity index (χ4n) is 1.18. The maximum absolute atomic E-state index is 11.4. The molecule has 8 heteroatoms. The van der Waals surface area contributed by atoms with Gasteiger partial charge in [-0.15, -0.1) is 0 Å². The molecule has 0 heterocycles. The number of aliphatic carboxylic acids is 2. The van der Waals surface area contributed by atoms with Crippen molar-refractivity contribution in [3.63, 3.8) is 0 Å². The van der Waals surface area contributed by atoms with Crippen molar-refractivity contribution in [2.24, 2.45) is 5.73 Å². The molecule has 1 amide bonds. The third kappa shape index (κ3) is 7.98. The van der Waals surface area contributed by atoms with Crippen molar-refractivity contribution < 1.29 is 29.3 Å². The summed E-state index contributed by atoms with van der Waals surface area (Å²) in [7, 11) is 0. The van der Waals surface area contributed by atoms with Crippen LogP contribution in [-0.4, -0.2) is 45.9 Å². The predicted molar refractivity (Wildman–Crippen MR) is 65.6 cm³/mol. The van der Waals surface area contributed by atoms with E-state index in [1.807, 2.05) is 0 Å². The Balaban J connectivity index is 4.39. The Hall–Kier alpha value is -1.83. The van der Waals surface area contributed by atoms with E-state index in [4.69, 9.17) is 20.7 Å². The third-order valence-electron chi connectivity index (χ3n) is 2.07. The van der Waals surface area contributed by atoms with Crippen molar-refractivity contribution >= 4 is 18.0 Å². The minimum atomic E-state index is -1.27. The van der Waals surface area contributed by atoms with Gasteiger partial charge in [0.25, 0.3) is 0 Å². The first-order valence-electron chi connectivity index (χ1n) is 5.73. The molecule has 2 atom stereocenters. The highest BCUT2D eigenvalue weighted by atomic mass is 16.6. The normalized spacial score (nSPS) is 14.3. The van der Waals surface area contributed by atoms with Crippen molar-refractivity contribution in [2.45, 2.75) is 51.3 Å². The van der Waals surface area contributed by atoms with Crippen LogP contribution in [0.25, 0.3) is 0 Å². The molecular formula is C11H20N2O6. The largest absolute Gasteiger partial charge is 0.480 e. The lowest BCUT2D eigenvalue weighted by molar-refractivity contribution is -0.141. The van der Waals surface area contributed by atoms with Gasteiger partial charge in [0.05, 0.1) is 0 Å². The molecule has 0 aliphatic rings. The average Bonchev–Trinajstić information content (AvgIpc) is 2.20. The van der Waals surface area contributed by atoms with E-state index in [9.17, 15) is 14.4 Å². The van der Waals surface area contributed by atoms with E-state index in [1.165, 1.54) is 0 Å². The number of hydrogen-bond donors (Lipinski definition) is 4. The molecule has 0 radical (unpaired) electrons. The van der Waals surface area contributed by atoms with Crippen LogP contribution in [0.5, 0.6) is 0 Å². The maximum atomic E-state index is 11.4. The van der Waals surface area contributed by atoms with Crippen molar-refractivity contribution in [3.05, 3.63) is 0 Å². The summed E-state index contributed by atoms with van der Waals surface area (Å²) in [5, 5.41) is 19.7. The summed E-state index contributed by atoms with van der Waals surface area (Å²) in [6, 6.07) is -2.40. The van der Waals surface area contributed by atoms with Crippen LogP contribution in [0.4, 0.5) is 4.79 Å². The van der Waals surface area contributed by atoms with Crippen LogP contribution in [0.1, 0.15) is 33.6 Å². The molecule has 19 heavy (non-hydrogen) atoms. The van der Waals surface area contributed by atoms with E-state index in [1.54, 1.807) is 20.8 Å². The summed E-state index contributed by atoms with van der Waals surface area (Å²) in [6.45, 7) is 4.92. The zero-order valence-corrected chi connectivity index (χ0v) is 11.2. The van der Waals surface area contributed by atoms with Gasteiger partial charge < -0.3 is 26.0 Å². The molecule has 0 aliphatic heterocycles. The minimum Gasteiger partial charge on any atom is -0.480 e. The molecule has 0 saturated heterocycles. The van der Waals surface area contributed by atoms with Crippen molar-refractivity contribution in [2.75, 3.05) is 0 Å². The van der Waals surface area contributed by atoms with Crippen LogP contribution < -0.4 is 11.1 Å². The van der Waals surface area contributed by atoms with Gasteiger partial charge in [0.1, 0.15) is 17.7 Å². The van der Waals surface area contributed by atoms with Crippen molar-refractivity contribution in [1.29, 1.82) is 0 Å². The predicted octanol–water partition coefficient (Wildman–Crippen LogP) is 0.156. The molecule has 0 rings (SSSR count). The van der Waals surface area contributed by atoms with E-state index in [0.29, 0.717) is 0 Å². The third-order valence-corrected chi connectivity index (χ3v) is 2.07. The summed E-state index contributed by atoms with van der Waals surface area (Å²) in [5.74, 6) is -2.50. The van der Waals surface area contributed by atoms with Gasteiger partial charge in [-0.3, -0.25) is 4.79 Å². The number of nitrogens with one attached hydrogen (secondary N) is 1. The standard InChI is InChI=1S/C11H20N2O6/c1-11(2,3)19-10(18)13-7(9(16)17)5-4-6(12)8(14)15/h6-7H,4-5,12H2,1-3H3,(H,13,18)(H,14,15)(H,16,17)/t6-,7+/m0/s1. The summed E-state index contributed by atoms with van der Waals surface area (Å²) >= 11 is 0. The lowest BCUT2D eigenvalue weighted by atomic mass is 10.1. The molecule has 0 unspecified atom stereocenters. The number of rotatable bonds is 6. The SMILES string of the molecule is CC(C)(C)OC(=O)N[C@H](CC[C@H](N)C(=O)O)C(=O)O. The number of hydrogen-bond acceptors (Lipinski definition) is 5. The molecule has 110 valence electrons. The lowest BCUT2D eigenvalue weighted by Gasteiger charge is -2.22. The summed E-state index contributed by atoms with van der Waals surface area (Å²) < 4.78 is 4.91. The number of carboxylic acids is 2. The number of nitrogens with two attached hydrogens (primary N) is 1. The summed E-state index contributed by atoms with van der Waals surface area (Å²) in [4.78, 5) is 32.8. The number of alkyl carbamates (subject to hydrolysis) is 1. The Bertz CT molecular complexity index is 350. The zero-order valence-electron chi connectivity index (χ0n) is 11.2. The molecular weight excluding hydrogens is 256 g/mol. The maximum Gasteiger partial charge on any atom is 0.408 e. The average molecular weight is 276 g/mol. The van der Waals surface area contributed by atoms with E-state index in [2.05, 4.69) is 5.32 Å². The van der Waals surface area contributed by atoms with E-state index in [-0.39, 0.29) is 12.8 Å². The number of carbonyl (C=O) groups is 3. The van der Waals surface area contributed by atoms with Gasteiger partial charge >= 0.3 is 18.0 Å². The topological polar surface area (TPSA) is 139 Å². The van der Waals surface area contributed by atoms with Gasteiger partial charge in [0.15, 0.2) is 0 Å². The Labute approximate surface area is 110 Å². The van der Waals surface area contributed by atoms with Crippen molar-refractivity contribution in [1.82, 2.24) is 5.32 Å². The molecule has 8 nitrogen and oxygen atoms in total. The highest BCUT2D eigenvalue weighted by molar-refractivity contribution is 5.80. The molecule has 0 saturated carbocycles. The second-order valence-corrected chi connectivity index (χ2v) is 5.06. The molecule has 0 fully saturated rings. The molecule has 0 aromatic carbocycles. The molecule has 0 bridgehead atoms. The van der Waals surface area contributed by atoms with Gasteiger partial charge in [-0.25, -0.2) is 9.59 Å².